The molecule has 0 aliphatic carbocycles. The molecule has 1 fully saturated rings. The van der Waals surface area contributed by atoms with E-state index in [2.05, 4.69) is 19.8 Å². The number of piperidine rings is 1. The van der Waals surface area contributed by atoms with Crippen LogP contribution < -0.4 is 4.90 Å². The topological polar surface area (TPSA) is 69.5 Å². The second-order valence-corrected chi connectivity index (χ2v) is 4.85. The van der Waals surface area contributed by atoms with Gasteiger partial charge in [0.2, 0.25) is 0 Å². The van der Waals surface area contributed by atoms with E-state index < -0.39 is 56.9 Å². The van der Waals surface area contributed by atoms with Crippen LogP contribution >= 0.6 is 0 Å². The summed E-state index contributed by atoms with van der Waals surface area (Å²) in [4.78, 5) is 27.1. The molecule has 1 aliphatic heterocycles. The van der Waals surface area contributed by atoms with Gasteiger partial charge in [0, 0.05) is 35.8 Å². The van der Waals surface area contributed by atoms with Crippen molar-refractivity contribution in [1.29, 1.82) is 0 Å². The van der Waals surface area contributed by atoms with Gasteiger partial charge in [-0.15, -0.1) is 0 Å². The molecule has 2 atom stereocenters. The highest BCUT2D eigenvalue weighted by Gasteiger charge is 2.33. The van der Waals surface area contributed by atoms with Crippen molar-refractivity contribution >= 4 is 22.8 Å². The van der Waals surface area contributed by atoms with Crippen LogP contribution in [0.25, 0.3) is 15.9 Å². The number of amides is 1. The number of nitrogens with zero attached hydrogens (tertiary/aromatic N) is 5. The van der Waals surface area contributed by atoms with Gasteiger partial charge in [-0.1, -0.05) is 6.85 Å². The molecule has 0 saturated carbocycles. The standard InChI is InChI=1S/C16H20N6O/c1-11-5-7-22(14(23)8-17-2)9-13(11)21(3)16-12-4-6-18-15(12)19-10-20-16/h4,6,10-11,13H,5,7-9H2,1,3H3,(H,18,19,20)/t11-,13+/m1/s1/i1D3,5D2,7D2,9D2,10D. The van der Waals surface area contributed by atoms with Crippen LogP contribution in [0.15, 0.2) is 18.6 Å². The van der Waals surface area contributed by atoms with Crippen molar-refractivity contribution < 1.29 is 18.5 Å². The molecule has 120 valence electrons. The fourth-order valence-corrected chi connectivity index (χ4v) is 2.25. The van der Waals surface area contributed by atoms with Crippen LogP contribution in [0.4, 0.5) is 5.82 Å². The highest BCUT2D eigenvalue weighted by molar-refractivity contribution is 5.87. The highest BCUT2D eigenvalue weighted by Crippen LogP contribution is 2.28. The molecule has 0 bridgehead atoms. The maximum atomic E-state index is 12.6. The number of hydrogen-bond donors (Lipinski definition) is 1. The molecule has 1 N–H and O–H groups in total. The van der Waals surface area contributed by atoms with Crippen LogP contribution in [-0.2, 0) is 4.79 Å². The summed E-state index contributed by atoms with van der Waals surface area (Å²) in [5, 5.41) is 0.279. The molecule has 0 spiro atoms. The van der Waals surface area contributed by atoms with Crippen LogP contribution in [0.5, 0.6) is 0 Å². The normalized spacial score (nSPS) is 34.7. The molecule has 1 aliphatic rings. The van der Waals surface area contributed by atoms with Crippen molar-refractivity contribution in [1.82, 2.24) is 19.9 Å². The molecular formula is C16H20N6O. The number of fused-ring (bicyclic) bond motifs is 1. The summed E-state index contributed by atoms with van der Waals surface area (Å²) in [5.41, 5.74) is 0.193. The Morgan fingerprint density at radius 3 is 3.39 bits per heavy atom. The number of hydrogen-bond acceptors (Lipinski definition) is 4. The van der Waals surface area contributed by atoms with E-state index in [0.717, 1.165) is 4.90 Å². The SMILES string of the molecule is [2H]c1nc(N(C)[C@@H]2[C@H](C([2H])([2H])[2H])C([2H])([2H])C([2H])([2H])N(C(=O)C[N+]#[C-])C2([2H])[2H])c2cc[nH]c2n1. The Morgan fingerprint density at radius 2 is 2.61 bits per heavy atom. The van der Waals surface area contributed by atoms with Crippen LogP contribution in [0, 0.1) is 12.5 Å². The first-order valence-corrected chi connectivity index (χ1v) is 6.70. The van der Waals surface area contributed by atoms with Gasteiger partial charge in [0.05, 0.1) is 14.2 Å². The Hall–Kier alpha value is -2.62. The summed E-state index contributed by atoms with van der Waals surface area (Å²) in [6.45, 7) is -3.75. The minimum Gasteiger partial charge on any atom is -0.354 e. The molecular weight excluding hydrogens is 292 g/mol. The van der Waals surface area contributed by atoms with Crippen LogP contribution in [0.1, 0.15) is 26.9 Å². The molecule has 2 aromatic rings. The van der Waals surface area contributed by atoms with Crippen molar-refractivity contribution in [2.45, 2.75) is 19.3 Å². The van der Waals surface area contributed by atoms with Gasteiger partial charge < -0.3 is 19.6 Å². The third-order valence-electron chi connectivity index (χ3n) is 3.41. The number of aromatic amines is 1. The molecule has 3 heterocycles. The molecule has 23 heavy (non-hydrogen) atoms. The summed E-state index contributed by atoms with van der Waals surface area (Å²) in [5.74, 6) is -3.71. The first kappa shape index (κ1) is 7.30. The van der Waals surface area contributed by atoms with E-state index in [0.29, 0.717) is 0 Å². The molecule has 7 heteroatoms. The number of carbonyl (C=O) groups excluding carboxylic acids is 1. The van der Waals surface area contributed by atoms with E-state index in [1.807, 2.05) is 0 Å². The lowest BCUT2D eigenvalue weighted by Gasteiger charge is -2.41. The number of carbonyl (C=O) groups is 1. The zero-order valence-electron chi connectivity index (χ0n) is 22.2. The fourth-order valence-electron chi connectivity index (χ4n) is 2.25. The lowest BCUT2D eigenvalue weighted by Crippen LogP contribution is -2.53. The first-order chi connectivity index (χ1) is 15.0. The summed E-state index contributed by atoms with van der Waals surface area (Å²) in [6, 6.07) is -0.481. The second kappa shape index (κ2) is 6.24. The number of rotatable bonds is 3. The predicted molar refractivity (Wildman–Crippen MR) is 87.9 cm³/mol. The Labute approximate surface area is 149 Å². The molecule has 0 radical (unpaired) electrons. The summed E-state index contributed by atoms with van der Waals surface area (Å²) < 4.78 is 82.4. The molecule has 3 rings (SSSR count). The number of anilines is 1. The van der Waals surface area contributed by atoms with E-state index in [-0.39, 0.29) is 21.8 Å². The molecule has 0 unspecified atom stereocenters. The minimum atomic E-state index is -3.40. The summed E-state index contributed by atoms with van der Waals surface area (Å²) >= 11 is 0. The second-order valence-electron chi connectivity index (χ2n) is 4.85. The van der Waals surface area contributed by atoms with Crippen molar-refractivity contribution in [3.63, 3.8) is 0 Å². The van der Waals surface area contributed by atoms with Gasteiger partial charge in [-0.05, 0) is 18.4 Å². The van der Waals surface area contributed by atoms with Gasteiger partial charge in [0.25, 0.3) is 6.54 Å². The molecule has 1 saturated heterocycles. The Bertz CT molecular complexity index is 1120. The fraction of sp³-hybridized carbons (Fsp3) is 0.500. The molecule has 1 amide bonds. The quantitative estimate of drug-likeness (QED) is 0.871. The van der Waals surface area contributed by atoms with Gasteiger partial charge in [-0.3, -0.25) is 4.79 Å². The highest BCUT2D eigenvalue weighted by atomic mass is 16.2. The molecule has 0 aromatic carbocycles. The van der Waals surface area contributed by atoms with Gasteiger partial charge in [0.15, 0.2) is 0 Å². The maximum absolute atomic E-state index is 12.6. The van der Waals surface area contributed by atoms with Crippen molar-refractivity contribution in [2.24, 2.45) is 5.92 Å². The van der Waals surface area contributed by atoms with Crippen LogP contribution in [-0.4, -0.2) is 58.4 Å². The average Bonchev–Trinajstić information content (AvgIpc) is 3.10. The maximum Gasteiger partial charge on any atom is 0.302 e. The van der Waals surface area contributed by atoms with E-state index in [9.17, 15) is 4.79 Å². The Kier molecular flexibility index (Phi) is 1.98. The predicted octanol–water partition coefficient (Wildman–Crippen LogP) is 1.55. The van der Waals surface area contributed by atoms with Crippen LogP contribution in [0.2, 0.25) is 0 Å². The molecule has 7 nitrogen and oxygen atoms in total. The number of nitrogens with one attached hydrogen (secondary N) is 1. The zero-order valence-corrected chi connectivity index (χ0v) is 12.2. The minimum absolute atomic E-state index is 0.0153. The van der Waals surface area contributed by atoms with Crippen molar-refractivity contribution in [3.8, 4) is 0 Å². The Balaban J connectivity index is 2.32. The number of likely N-dealkylation sites (tertiary alicyclic amines) is 1. The van der Waals surface area contributed by atoms with Gasteiger partial charge in [-0.2, -0.15) is 0 Å². The number of likely N-dealkylation sites (N-methyl/N-ethyl adjacent to an activating group) is 1. The zero-order chi connectivity index (χ0) is 25.1. The third kappa shape index (κ3) is 2.84. The van der Waals surface area contributed by atoms with Crippen LogP contribution in [0.3, 0.4) is 0 Å². The largest absolute Gasteiger partial charge is 0.354 e. The van der Waals surface area contributed by atoms with E-state index in [1.165, 1.54) is 19.3 Å². The van der Waals surface area contributed by atoms with Gasteiger partial charge >= 0.3 is 5.91 Å². The summed E-state index contributed by atoms with van der Waals surface area (Å²) in [6.07, 6.45) is -2.28. The lowest BCUT2D eigenvalue weighted by molar-refractivity contribution is -0.130. The van der Waals surface area contributed by atoms with Gasteiger partial charge in [-0.25, -0.2) is 16.5 Å². The van der Waals surface area contributed by atoms with Crippen molar-refractivity contribution in [3.05, 3.63) is 30.0 Å². The monoisotopic (exact) mass is 322 g/mol. The van der Waals surface area contributed by atoms with E-state index >= 15 is 0 Å². The Morgan fingerprint density at radius 1 is 1.74 bits per heavy atom. The van der Waals surface area contributed by atoms with E-state index in [1.54, 1.807) is 0 Å². The summed E-state index contributed by atoms with van der Waals surface area (Å²) in [7, 11) is 1.23. The molecule has 2 aromatic heterocycles. The average molecular weight is 322 g/mol. The number of H-pyrrole nitrogens is 1. The lowest BCUT2D eigenvalue weighted by atomic mass is 9.92. The smallest absolute Gasteiger partial charge is 0.302 e. The third-order valence-corrected chi connectivity index (χ3v) is 3.41. The van der Waals surface area contributed by atoms with Crippen molar-refractivity contribution in [2.75, 3.05) is 31.5 Å². The van der Waals surface area contributed by atoms with E-state index in [4.69, 9.17) is 20.3 Å². The van der Waals surface area contributed by atoms with Gasteiger partial charge in [0.1, 0.15) is 19.1 Å². The first-order valence-electron chi connectivity index (χ1n) is 11.7. The number of aromatic nitrogens is 3.